The predicted octanol–water partition coefficient (Wildman–Crippen LogP) is 1.58. The van der Waals surface area contributed by atoms with Gasteiger partial charge in [-0.2, -0.15) is 0 Å². The summed E-state index contributed by atoms with van der Waals surface area (Å²) in [5.41, 5.74) is -1.11. The topological polar surface area (TPSA) is 150 Å². The summed E-state index contributed by atoms with van der Waals surface area (Å²) in [4.78, 5) is 37.9. The molecule has 0 bridgehead atoms. The Hall–Kier alpha value is -3.24. The number of aliphatic hydroxyl groups is 1. The summed E-state index contributed by atoms with van der Waals surface area (Å²) in [7, 11) is 2.28. The molecule has 3 rings (SSSR count). The molecular formula is C23H18CrO9+6. The molecule has 1 aliphatic rings. The minimum absolute atomic E-state index is 0. The second kappa shape index (κ2) is 15.5. The first-order valence-electron chi connectivity index (χ1n) is 8.65. The van der Waals surface area contributed by atoms with Gasteiger partial charge in [0, 0.05) is 5.56 Å². The number of carbonyl (C=O) groups excluding carboxylic acids is 3. The summed E-state index contributed by atoms with van der Waals surface area (Å²) in [6, 6.07) is 14.8. The van der Waals surface area contributed by atoms with Gasteiger partial charge in [0.25, 0.3) is 0 Å². The van der Waals surface area contributed by atoms with Crippen molar-refractivity contribution in [2.75, 3.05) is 14.2 Å². The number of hydrogen-bond acceptors (Lipinski definition) is 6. The molecule has 0 saturated carbocycles. The summed E-state index contributed by atoms with van der Waals surface area (Å²) in [5, 5.41) is 11.7. The van der Waals surface area contributed by atoms with Crippen LogP contribution >= 0.6 is 0 Å². The third-order valence-corrected chi connectivity index (χ3v) is 4.79. The number of rotatable bonds is 3. The molecule has 0 heterocycles. The van der Waals surface area contributed by atoms with Crippen molar-refractivity contribution in [2.45, 2.75) is 5.60 Å². The maximum atomic E-state index is 12.9. The Labute approximate surface area is 201 Å². The van der Waals surface area contributed by atoms with Crippen LogP contribution in [0.4, 0.5) is 0 Å². The van der Waals surface area contributed by atoms with Crippen LogP contribution in [0, 0.1) is 31.8 Å². The van der Waals surface area contributed by atoms with Crippen molar-refractivity contribution in [2.24, 2.45) is 11.8 Å². The largest absolute Gasteiger partial charge is 6.00 e. The maximum Gasteiger partial charge on any atom is 6.00 e. The zero-order valence-corrected chi connectivity index (χ0v) is 18.7. The quantitative estimate of drug-likeness (QED) is 0.299. The SMILES string of the molecule is COC(=O)C1C(=O)c2ccccc2C(O)(c2ccccc2)C1C(=O)OC.[C-]#[O+].[C-]#[O+].[C-]#[O+].[Cr+6]. The van der Waals surface area contributed by atoms with E-state index >= 15 is 0 Å². The molecule has 0 fully saturated rings. The van der Waals surface area contributed by atoms with Crippen molar-refractivity contribution in [1.29, 1.82) is 0 Å². The summed E-state index contributed by atoms with van der Waals surface area (Å²) in [6.45, 7) is 13.5. The minimum Gasteiger partial charge on any atom is 6.00 e. The third-order valence-electron chi connectivity index (χ3n) is 4.79. The average Bonchev–Trinajstić information content (AvgIpc) is 2.89. The van der Waals surface area contributed by atoms with E-state index in [9.17, 15) is 19.5 Å². The molecule has 0 radical (unpaired) electrons. The first kappa shape index (κ1) is 31.9. The molecule has 0 aliphatic heterocycles. The second-order valence-electron chi connectivity index (χ2n) is 6.04. The van der Waals surface area contributed by atoms with E-state index in [1.165, 1.54) is 6.07 Å². The molecule has 1 N–H and O–H groups in total. The van der Waals surface area contributed by atoms with Crippen LogP contribution in [0.15, 0.2) is 54.6 Å². The van der Waals surface area contributed by atoms with Gasteiger partial charge in [-0.05, 0) is 11.1 Å². The monoisotopic (exact) mass is 490 g/mol. The van der Waals surface area contributed by atoms with Gasteiger partial charge in [0.1, 0.15) is 17.4 Å². The van der Waals surface area contributed by atoms with Gasteiger partial charge >= 0.3 is 63.2 Å². The van der Waals surface area contributed by atoms with Gasteiger partial charge in [-0.15, -0.1) is 0 Å². The molecule has 2 aromatic rings. The van der Waals surface area contributed by atoms with Crippen LogP contribution in [0.2, 0.25) is 0 Å². The maximum absolute atomic E-state index is 12.9. The van der Waals surface area contributed by atoms with E-state index in [1.807, 2.05) is 0 Å². The van der Waals surface area contributed by atoms with E-state index < -0.39 is 35.2 Å². The first-order valence-corrected chi connectivity index (χ1v) is 8.65. The van der Waals surface area contributed by atoms with Gasteiger partial charge in [0.2, 0.25) is 0 Å². The van der Waals surface area contributed by atoms with E-state index in [4.69, 9.17) is 23.4 Å². The third kappa shape index (κ3) is 6.17. The number of ketones is 1. The van der Waals surface area contributed by atoms with Gasteiger partial charge in [-0.25, -0.2) is 0 Å². The number of benzene rings is 2. The molecule has 3 atom stereocenters. The number of fused-ring (bicyclic) bond motifs is 1. The number of hydrogen-bond donors (Lipinski definition) is 1. The van der Waals surface area contributed by atoms with Crippen molar-refractivity contribution in [3.05, 3.63) is 91.2 Å². The van der Waals surface area contributed by atoms with Gasteiger partial charge in [-0.1, -0.05) is 54.6 Å². The fourth-order valence-electron chi connectivity index (χ4n) is 3.59. The van der Waals surface area contributed by atoms with Crippen molar-refractivity contribution in [3.63, 3.8) is 0 Å². The number of esters is 2. The van der Waals surface area contributed by atoms with Crippen LogP contribution < -0.4 is 0 Å². The van der Waals surface area contributed by atoms with Crippen LogP contribution in [0.3, 0.4) is 0 Å². The van der Waals surface area contributed by atoms with Gasteiger partial charge in [0.05, 0.1) is 14.2 Å². The van der Waals surface area contributed by atoms with Crippen LogP contribution in [-0.4, -0.2) is 37.0 Å². The Morgan fingerprint density at radius 1 is 0.848 bits per heavy atom. The Kier molecular flexibility index (Phi) is 15.0. The van der Waals surface area contributed by atoms with Crippen molar-refractivity contribution in [3.8, 4) is 0 Å². The molecule has 0 aromatic heterocycles. The summed E-state index contributed by atoms with van der Waals surface area (Å²) >= 11 is 0. The standard InChI is InChI=1S/C20H18O6.3CO.Cr/c1-25-18(22)15-16(19(23)26-2)20(24,12-8-4-3-5-9-12)14-11-7-6-10-13(14)17(15)21;3*1-2;/h3-11,15-16,24H,1-2H3;;;;/q;;;;+6. The number of carbonyl (C=O) groups is 3. The summed E-state index contributed by atoms with van der Waals surface area (Å²) in [6.07, 6.45) is 0. The fourth-order valence-corrected chi connectivity index (χ4v) is 3.59. The zero-order chi connectivity index (χ0) is 24.9. The van der Waals surface area contributed by atoms with Crippen LogP contribution in [0.5, 0.6) is 0 Å². The molecule has 1 aliphatic carbocycles. The normalized spacial score (nSPS) is 19.5. The molecule has 0 saturated heterocycles. The number of ether oxygens (including phenoxy) is 2. The van der Waals surface area contributed by atoms with Crippen LogP contribution in [0.1, 0.15) is 21.5 Å². The first-order chi connectivity index (χ1) is 15.5. The van der Waals surface area contributed by atoms with E-state index in [-0.39, 0.29) is 28.5 Å². The molecule has 3 unspecified atom stereocenters. The molecule has 0 spiro atoms. The predicted molar refractivity (Wildman–Crippen MR) is 103 cm³/mol. The van der Waals surface area contributed by atoms with Crippen molar-refractivity contribution in [1.82, 2.24) is 0 Å². The Bertz CT molecular complexity index is 983. The van der Waals surface area contributed by atoms with Gasteiger partial charge in [0.15, 0.2) is 5.78 Å². The van der Waals surface area contributed by atoms with Gasteiger partial charge in [-0.3, -0.25) is 14.4 Å². The molecule has 33 heavy (non-hydrogen) atoms. The Morgan fingerprint density at radius 2 is 1.30 bits per heavy atom. The molecule has 9 nitrogen and oxygen atoms in total. The van der Waals surface area contributed by atoms with E-state index in [1.54, 1.807) is 48.5 Å². The number of methoxy groups -OCH3 is 2. The average molecular weight is 490 g/mol. The Balaban J connectivity index is 0. The van der Waals surface area contributed by atoms with Crippen molar-refractivity contribution >= 4 is 17.7 Å². The molecule has 164 valence electrons. The summed E-state index contributed by atoms with van der Waals surface area (Å²) in [5.74, 6) is -5.32. The number of Topliss-reactive ketones (excluding diaryl/α,β-unsaturated/α-hetero) is 1. The molecule has 2 aromatic carbocycles. The van der Waals surface area contributed by atoms with Gasteiger partial charge < -0.3 is 14.6 Å². The minimum atomic E-state index is -1.92. The zero-order valence-electron chi connectivity index (χ0n) is 17.5. The van der Waals surface area contributed by atoms with E-state index in [0.717, 1.165) is 14.2 Å². The smallest absolute Gasteiger partial charge is 6.00 e. The Morgan fingerprint density at radius 3 is 1.79 bits per heavy atom. The fraction of sp³-hybridized carbons (Fsp3) is 0.217. The van der Waals surface area contributed by atoms with Crippen molar-refractivity contribution < 1.29 is 60.3 Å². The second-order valence-corrected chi connectivity index (χ2v) is 6.04. The molecule has 0 amide bonds. The molecule has 10 heteroatoms. The van der Waals surface area contributed by atoms with E-state index in [2.05, 4.69) is 20.0 Å². The van der Waals surface area contributed by atoms with E-state index in [0.29, 0.717) is 5.56 Å². The van der Waals surface area contributed by atoms with Crippen LogP contribution in [-0.2, 0) is 56.0 Å². The van der Waals surface area contributed by atoms with Crippen LogP contribution in [0.25, 0.3) is 0 Å². The molecular weight excluding hydrogens is 472 g/mol. The summed E-state index contributed by atoms with van der Waals surface area (Å²) < 4.78 is 32.1.